The summed E-state index contributed by atoms with van der Waals surface area (Å²) in [4.78, 5) is 14.8. The van der Waals surface area contributed by atoms with Crippen LogP contribution in [0.15, 0.2) is 48.5 Å². The van der Waals surface area contributed by atoms with Gasteiger partial charge in [-0.25, -0.2) is 0 Å². The minimum Gasteiger partial charge on any atom is -0.338 e. The van der Waals surface area contributed by atoms with Crippen molar-refractivity contribution in [1.29, 1.82) is 0 Å². The van der Waals surface area contributed by atoms with E-state index in [0.717, 1.165) is 36.1 Å². The fourth-order valence-electron chi connectivity index (χ4n) is 3.64. The number of nitrogens with one attached hydrogen (secondary N) is 1. The molecule has 1 atom stereocenters. The summed E-state index contributed by atoms with van der Waals surface area (Å²) in [6.07, 6.45) is 5.91. The SMILES string of the molecule is CCCCCCCn1nnc(C(NC(=O)c2c(C)cccc2C)c2ccccc2)n1. The Bertz CT molecular complexity index is 931. The van der Waals surface area contributed by atoms with Crippen LogP contribution in [-0.4, -0.2) is 26.1 Å². The van der Waals surface area contributed by atoms with Crippen molar-refractivity contribution < 1.29 is 4.79 Å². The van der Waals surface area contributed by atoms with E-state index in [1.807, 2.05) is 62.4 Å². The molecule has 1 amide bonds. The van der Waals surface area contributed by atoms with Gasteiger partial charge in [0.2, 0.25) is 5.82 Å². The molecule has 6 heteroatoms. The van der Waals surface area contributed by atoms with Gasteiger partial charge in [0.05, 0.1) is 6.54 Å². The van der Waals surface area contributed by atoms with Gasteiger partial charge < -0.3 is 5.32 Å². The lowest BCUT2D eigenvalue weighted by Gasteiger charge is -2.18. The third-order valence-corrected chi connectivity index (χ3v) is 5.30. The van der Waals surface area contributed by atoms with Gasteiger partial charge in [0, 0.05) is 5.56 Å². The van der Waals surface area contributed by atoms with E-state index in [4.69, 9.17) is 0 Å². The molecule has 6 nitrogen and oxygen atoms in total. The zero-order valence-corrected chi connectivity index (χ0v) is 18.1. The lowest BCUT2D eigenvalue weighted by atomic mass is 10.0. The van der Waals surface area contributed by atoms with E-state index in [-0.39, 0.29) is 5.91 Å². The normalized spacial score (nSPS) is 12.0. The summed E-state index contributed by atoms with van der Waals surface area (Å²) in [5.41, 5.74) is 3.52. The van der Waals surface area contributed by atoms with E-state index in [0.29, 0.717) is 11.4 Å². The van der Waals surface area contributed by atoms with Gasteiger partial charge >= 0.3 is 0 Å². The first-order chi connectivity index (χ1) is 14.6. The molecule has 0 saturated carbocycles. The molecule has 0 aliphatic heterocycles. The van der Waals surface area contributed by atoms with Gasteiger partial charge in [0.15, 0.2) is 0 Å². The zero-order chi connectivity index (χ0) is 21.3. The highest BCUT2D eigenvalue weighted by Gasteiger charge is 2.23. The van der Waals surface area contributed by atoms with Gasteiger partial charge in [-0.15, -0.1) is 10.2 Å². The van der Waals surface area contributed by atoms with Crippen molar-refractivity contribution in [3.8, 4) is 0 Å². The molecule has 0 radical (unpaired) electrons. The van der Waals surface area contributed by atoms with E-state index in [1.54, 1.807) is 4.80 Å². The molecule has 0 bridgehead atoms. The molecule has 0 spiro atoms. The Morgan fingerprint density at radius 3 is 2.37 bits per heavy atom. The average molecular weight is 406 g/mol. The van der Waals surface area contributed by atoms with Crippen LogP contribution in [0.25, 0.3) is 0 Å². The van der Waals surface area contributed by atoms with Crippen molar-refractivity contribution in [2.24, 2.45) is 0 Å². The molecule has 3 rings (SSSR count). The van der Waals surface area contributed by atoms with Crippen LogP contribution in [0, 0.1) is 13.8 Å². The van der Waals surface area contributed by atoms with Gasteiger partial charge in [-0.2, -0.15) is 4.80 Å². The van der Waals surface area contributed by atoms with Crippen molar-refractivity contribution in [3.63, 3.8) is 0 Å². The summed E-state index contributed by atoms with van der Waals surface area (Å²) in [5, 5.41) is 16.2. The first-order valence-corrected chi connectivity index (χ1v) is 10.8. The molecule has 3 aromatic rings. The first-order valence-electron chi connectivity index (χ1n) is 10.8. The largest absolute Gasteiger partial charge is 0.338 e. The summed E-state index contributed by atoms with van der Waals surface area (Å²) in [5.74, 6) is 0.379. The molecule has 2 aromatic carbocycles. The van der Waals surface area contributed by atoms with Gasteiger partial charge in [-0.3, -0.25) is 4.79 Å². The van der Waals surface area contributed by atoms with Crippen LogP contribution in [0.5, 0.6) is 0 Å². The summed E-state index contributed by atoms with van der Waals surface area (Å²) >= 11 is 0. The number of aromatic nitrogens is 4. The van der Waals surface area contributed by atoms with Gasteiger partial charge in [0.1, 0.15) is 6.04 Å². The van der Waals surface area contributed by atoms with Gasteiger partial charge in [-0.05, 0) is 42.2 Å². The predicted octanol–water partition coefficient (Wildman–Crippen LogP) is 4.78. The molecule has 158 valence electrons. The Morgan fingerprint density at radius 2 is 1.67 bits per heavy atom. The summed E-state index contributed by atoms with van der Waals surface area (Å²) < 4.78 is 0. The molecular weight excluding hydrogens is 374 g/mol. The quantitative estimate of drug-likeness (QED) is 0.493. The maximum Gasteiger partial charge on any atom is 0.252 e. The fourth-order valence-corrected chi connectivity index (χ4v) is 3.64. The second kappa shape index (κ2) is 10.7. The van der Waals surface area contributed by atoms with Gasteiger partial charge in [-0.1, -0.05) is 81.1 Å². The number of carbonyl (C=O) groups is 1. The Hall–Kier alpha value is -3.02. The molecule has 0 aliphatic rings. The number of tetrazole rings is 1. The van der Waals surface area contributed by atoms with Crippen LogP contribution >= 0.6 is 0 Å². The van der Waals surface area contributed by atoms with Crippen LogP contribution in [0.3, 0.4) is 0 Å². The molecular formula is C24H31N5O. The monoisotopic (exact) mass is 405 g/mol. The Balaban J connectivity index is 1.78. The topological polar surface area (TPSA) is 72.7 Å². The van der Waals surface area contributed by atoms with E-state index < -0.39 is 6.04 Å². The van der Waals surface area contributed by atoms with Crippen molar-refractivity contribution >= 4 is 5.91 Å². The Kier molecular flexibility index (Phi) is 7.71. The van der Waals surface area contributed by atoms with Crippen molar-refractivity contribution in [3.05, 3.63) is 76.6 Å². The minimum absolute atomic E-state index is 0.129. The van der Waals surface area contributed by atoms with Crippen LogP contribution in [0.1, 0.15) is 77.9 Å². The summed E-state index contributed by atoms with van der Waals surface area (Å²) in [7, 11) is 0. The Morgan fingerprint density at radius 1 is 0.967 bits per heavy atom. The molecule has 0 fully saturated rings. The molecule has 0 aliphatic carbocycles. The van der Waals surface area contributed by atoms with Crippen LogP contribution in [0.4, 0.5) is 0 Å². The highest BCUT2D eigenvalue weighted by Crippen LogP contribution is 2.21. The third kappa shape index (κ3) is 5.53. The predicted molar refractivity (Wildman–Crippen MR) is 118 cm³/mol. The van der Waals surface area contributed by atoms with Crippen molar-refractivity contribution in [1.82, 2.24) is 25.5 Å². The zero-order valence-electron chi connectivity index (χ0n) is 18.1. The lowest BCUT2D eigenvalue weighted by Crippen LogP contribution is -2.31. The molecule has 1 aromatic heterocycles. The highest BCUT2D eigenvalue weighted by atomic mass is 16.1. The number of unbranched alkanes of at least 4 members (excludes halogenated alkanes) is 4. The smallest absolute Gasteiger partial charge is 0.252 e. The minimum atomic E-state index is -0.452. The summed E-state index contributed by atoms with van der Waals surface area (Å²) in [6.45, 7) is 6.85. The number of hydrogen-bond donors (Lipinski definition) is 1. The van der Waals surface area contributed by atoms with E-state index >= 15 is 0 Å². The molecule has 1 heterocycles. The molecule has 1 N–H and O–H groups in total. The lowest BCUT2D eigenvalue weighted by molar-refractivity contribution is 0.0940. The van der Waals surface area contributed by atoms with Crippen LogP contribution in [0.2, 0.25) is 0 Å². The maximum atomic E-state index is 13.1. The first kappa shape index (κ1) is 21.7. The number of carbonyl (C=O) groups excluding carboxylic acids is 1. The third-order valence-electron chi connectivity index (χ3n) is 5.30. The average Bonchev–Trinajstić information content (AvgIpc) is 3.21. The highest BCUT2D eigenvalue weighted by molar-refractivity contribution is 5.97. The van der Waals surface area contributed by atoms with Crippen molar-refractivity contribution in [2.45, 2.75) is 65.5 Å². The number of amides is 1. The van der Waals surface area contributed by atoms with Gasteiger partial charge in [0.25, 0.3) is 5.91 Å². The second-order valence-electron chi connectivity index (χ2n) is 7.74. The fraction of sp³-hybridized carbons (Fsp3) is 0.417. The molecule has 30 heavy (non-hydrogen) atoms. The van der Waals surface area contributed by atoms with Crippen LogP contribution < -0.4 is 5.32 Å². The number of aryl methyl sites for hydroxylation is 3. The van der Waals surface area contributed by atoms with E-state index in [9.17, 15) is 4.79 Å². The number of nitrogens with zero attached hydrogens (tertiary/aromatic N) is 4. The number of hydrogen-bond acceptors (Lipinski definition) is 4. The van der Waals surface area contributed by atoms with Crippen molar-refractivity contribution in [2.75, 3.05) is 0 Å². The number of rotatable bonds is 10. The van der Waals surface area contributed by atoms with E-state index in [2.05, 4.69) is 27.7 Å². The molecule has 1 unspecified atom stereocenters. The number of benzene rings is 2. The van der Waals surface area contributed by atoms with Crippen LogP contribution in [-0.2, 0) is 6.54 Å². The van der Waals surface area contributed by atoms with E-state index in [1.165, 1.54) is 19.3 Å². The summed E-state index contributed by atoms with van der Waals surface area (Å²) in [6, 6.07) is 15.2. The second-order valence-corrected chi connectivity index (χ2v) is 7.74. The maximum absolute atomic E-state index is 13.1. The standard InChI is InChI=1S/C24H31N5O/c1-4-5-6-7-11-17-29-27-23(26-28-29)22(20-15-9-8-10-16-20)25-24(30)21-18(2)13-12-14-19(21)3/h8-10,12-16,22H,4-7,11,17H2,1-3H3,(H,25,30). The molecule has 0 saturated heterocycles. The Labute approximate surface area is 178 Å².